The van der Waals surface area contributed by atoms with Gasteiger partial charge < -0.3 is 10.1 Å². The van der Waals surface area contributed by atoms with Gasteiger partial charge in [-0.1, -0.05) is 30.3 Å². The van der Waals surface area contributed by atoms with E-state index in [0.29, 0.717) is 12.1 Å². The number of aromatic nitrogens is 2. The number of carbonyl (C=O) groups excluding carboxylic acids is 1. The van der Waals surface area contributed by atoms with Crippen molar-refractivity contribution < 1.29 is 13.9 Å². The summed E-state index contributed by atoms with van der Waals surface area (Å²) in [5, 5.41) is 8.40. The second kappa shape index (κ2) is 8.37. The minimum Gasteiger partial charge on any atom is -0.497 e. The SMILES string of the molecule is COc1cccc(Cn2ncc3ccc(C(=O)N[C@H](C)c4ccc(F)cc4)cc32)c1. The molecule has 1 atom stereocenters. The van der Waals surface area contributed by atoms with E-state index in [4.69, 9.17) is 4.74 Å². The number of amides is 1. The molecule has 0 radical (unpaired) electrons. The van der Waals surface area contributed by atoms with Gasteiger partial charge in [-0.15, -0.1) is 0 Å². The second-order valence-electron chi connectivity index (χ2n) is 7.17. The van der Waals surface area contributed by atoms with E-state index in [1.807, 2.05) is 48.0 Å². The lowest BCUT2D eigenvalue weighted by atomic mass is 10.1. The van der Waals surface area contributed by atoms with Crippen molar-refractivity contribution in [1.82, 2.24) is 15.1 Å². The van der Waals surface area contributed by atoms with Crippen molar-refractivity contribution in [1.29, 1.82) is 0 Å². The summed E-state index contributed by atoms with van der Waals surface area (Å²) in [5.41, 5.74) is 3.32. The molecule has 5 nitrogen and oxygen atoms in total. The number of fused-ring (bicyclic) bond motifs is 1. The molecule has 0 saturated heterocycles. The summed E-state index contributed by atoms with van der Waals surface area (Å²) in [7, 11) is 1.64. The van der Waals surface area contributed by atoms with Crippen LogP contribution >= 0.6 is 0 Å². The zero-order valence-corrected chi connectivity index (χ0v) is 16.8. The second-order valence-corrected chi connectivity index (χ2v) is 7.17. The monoisotopic (exact) mass is 403 g/mol. The number of hydrogen-bond acceptors (Lipinski definition) is 3. The van der Waals surface area contributed by atoms with Gasteiger partial charge in [-0.2, -0.15) is 5.10 Å². The Kier molecular flexibility index (Phi) is 5.48. The Labute approximate surface area is 174 Å². The Balaban J connectivity index is 1.55. The third kappa shape index (κ3) is 4.17. The number of benzene rings is 3. The summed E-state index contributed by atoms with van der Waals surface area (Å²) < 4.78 is 20.3. The highest BCUT2D eigenvalue weighted by molar-refractivity contribution is 5.98. The summed E-state index contributed by atoms with van der Waals surface area (Å²) in [5.74, 6) is 0.300. The molecule has 4 aromatic rings. The van der Waals surface area contributed by atoms with Gasteiger partial charge in [-0.3, -0.25) is 9.48 Å². The highest BCUT2D eigenvalue weighted by Gasteiger charge is 2.14. The summed E-state index contributed by atoms with van der Waals surface area (Å²) in [6, 6.07) is 19.2. The summed E-state index contributed by atoms with van der Waals surface area (Å²) >= 11 is 0. The largest absolute Gasteiger partial charge is 0.497 e. The zero-order valence-electron chi connectivity index (χ0n) is 16.8. The molecular formula is C24H22FN3O2. The van der Waals surface area contributed by atoms with Gasteiger partial charge in [0.05, 0.1) is 31.4 Å². The van der Waals surface area contributed by atoms with Crippen LogP contribution in [0.1, 0.15) is 34.5 Å². The molecule has 0 saturated carbocycles. The van der Waals surface area contributed by atoms with Crippen LogP contribution in [0.5, 0.6) is 5.75 Å². The molecule has 1 amide bonds. The fourth-order valence-corrected chi connectivity index (χ4v) is 3.40. The van der Waals surface area contributed by atoms with E-state index >= 15 is 0 Å². The number of nitrogens with one attached hydrogen (secondary N) is 1. The standard InChI is InChI=1S/C24H22FN3O2/c1-16(18-8-10-21(25)11-9-18)27-24(29)19-6-7-20-14-26-28(23(20)13-19)15-17-4-3-5-22(12-17)30-2/h3-14,16H,15H2,1-2H3,(H,27,29)/t16-/m1/s1. The van der Waals surface area contributed by atoms with E-state index in [0.717, 1.165) is 27.8 Å². The number of methoxy groups -OCH3 is 1. The molecule has 0 unspecified atom stereocenters. The molecule has 0 aliphatic rings. The van der Waals surface area contributed by atoms with Crippen molar-refractivity contribution in [2.24, 2.45) is 0 Å². The van der Waals surface area contributed by atoms with Crippen LogP contribution in [0.3, 0.4) is 0 Å². The first-order valence-corrected chi connectivity index (χ1v) is 9.68. The molecule has 1 aromatic heterocycles. The van der Waals surface area contributed by atoms with E-state index in [1.165, 1.54) is 12.1 Å². The highest BCUT2D eigenvalue weighted by atomic mass is 19.1. The van der Waals surface area contributed by atoms with Crippen molar-refractivity contribution in [3.63, 3.8) is 0 Å². The van der Waals surface area contributed by atoms with Crippen LogP contribution in [0.25, 0.3) is 10.9 Å². The van der Waals surface area contributed by atoms with Gasteiger partial charge >= 0.3 is 0 Å². The smallest absolute Gasteiger partial charge is 0.251 e. The maximum atomic E-state index is 13.1. The predicted molar refractivity (Wildman–Crippen MR) is 114 cm³/mol. The lowest BCUT2D eigenvalue weighted by Crippen LogP contribution is -2.26. The Morgan fingerprint density at radius 2 is 1.93 bits per heavy atom. The normalized spacial score (nSPS) is 12.0. The summed E-state index contributed by atoms with van der Waals surface area (Å²) in [6.45, 7) is 2.44. The van der Waals surface area contributed by atoms with Crippen LogP contribution < -0.4 is 10.1 Å². The van der Waals surface area contributed by atoms with E-state index in [-0.39, 0.29) is 17.8 Å². The topological polar surface area (TPSA) is 56.2 Å². The Bertz CT molecular complexity index is 1180. The predicted octanol–water partition coefficient (Wildman–Crippen LogP) is 4.72. The average Bonchev–Trinajstić information content (AvgIpc) is 3.16. The number of nitrogens with zero attached hydrogens (tertiary/aromatic N) is 2. The lowest BCUT2D eigenvalue weighted by molar-refractivity contribution is 0.0940. The van der Waals surface area contributed by atoms with Gasteiger partial charge in [-0.25, -0.2) is 4.39 Å². The van der Waals surface area contributed by atoms with Crippen LogP contribution in [0.4, 0.5) is 4.39 Å². The molecule has 3 aromatic carbocycles. The molecule has 0 spiro atoms. The highest BCUT2D eigenvalue weighted by Crippen LogP contribution is 2.20. The van der Waals surface area contributed by atoms with Crippen LogP contribution in [0.15, 0.2) is 72.9 Å². The molecule has 1 N–H and O–H groups in total. The maximum Gasteiger partial charge on any atom is 0.251 e. The third-order valence-corrected chi connectivity index (χ3v) is 5.09. The number of rotatable bonds is 6. The third-order valence-electron chi connectivity index (χ3n) is 5.09. The van der Waals surface area contributed by atoms with Gasteiger partial charge in [0, 0.05) is 10.9 Å². The van der Waals surface area contributed by atoms with Gasteiger partial charge in [0.25, 0.3) is 5.91 Å². The van der Waals surface area contributed by atoms with Crippen LogP contribution in [0.2, 0.25) is 0 Å². The minimum absolute atomic E-state index is 0.192. The molecule has 0 fully saturated rings. The fraction of sp³-hybridized carbons (Fsp3) is 0.167. The van der Waals surface area contributed by atoms with E-state index in [2.05, 4.69) is 10.4 Å². The number of halogens is 1. The minimum atomic E-state index is -0.299. The van der Waals surface area contributed by atoms with Crippen molar-refractivity contribution in [3.8, 4) is 5.75 Å². The van der Waals surface area contributed by atoms with Gasteiger partial charge in [0.2, 0.25) is 0 Å². The number of hydrogen-bond donors (Lipinski definition) is 1. The molecule has 0 bridgehead atoms. The van der Waals surface area contributed by atoms with Crippen molar-refractivity contribution in [2.75, 3.05) is 7.11 Å². The molecule has 6 heteroatoms. The first-order valence-electron chi connectivity index (χ1n) is 9.68. The number of carbonyl (C=O) groups is 1. The zero-order chi connectivity index (χ0) is 21.1. The molecule has 30 heavy (non-hydrogen) atoms. The Morgan fingerprint density at radius 3 is 2.70 bits per heavy atom. The quantitative estimate of drug-likeness (QED) is 0.507. The first-order chi connectivity index (χ1) is 14.5. The Morgan fingerprint density at radius 1 is 1.13 bits per heavy atom. The van der Waals surface area contributed by atoms with Gasteiger partial charge in [-0.05, 0) is 54.4 Å². The van der Waals surface area contributed by atoms with Gasteiger partial charge in [0.15, 0.2) is 0 Å². The molecular weight excluding hydrogens is 381 g/mol. The lowest BCUT2D eigenvalue weighted by Gasteiger charge is -2.14. The molecule has 0 aliphatic carbocycles. The molecule has 1 heterocycles. The Hall–Kier alpha value is -3.67. The molecule has 152 valence electrons. The van der Waals surface area contributed by atoms with Crippen molar-refractivity contribution in [3.05, 3.63) is 95.4 Å². The van der Waals surface area contributed by atoms with E-state index < -0.39 is 0 Å². The summed E-state index contributed by atoms with van der Waals surface area (Å²) in [4.78, 5) is 12.8. The van der Waals surface area contributed by atoms with Crippen molar-refractivity contribution >= 4 is 16.8 Å². The van der Waals surface area contributed by atoms with E-state index in [1.54, 1.807) is 31.5 Å². The number of ether oxygens (including phenoxy) is 1. The molecule has 0 aliphatic heterocycles. The van der Waals surface area contributed by atoms with Crippen LogP contribution in [-0.2, 0) is 6.54 Å². The van der Waals surface area contributed by atoms with Crippen LogP contribution in [0, 0.1) is 5.82 Å². The fourth-order valence-electron chi connectivity index (χ4n) is 3.40. The van der Waals surface area contributed by atoms with Crippen LogP contribution in [-0.4, -0.2) is 22.8 Å². The average molecular weight is 403 g/mol. The molecule has 4 rings (SSSR count). The van der Waals surface area contributed by atoms with Gasteiger partial charge in [0.1, 0.15) is 11.6 Å². The van der Waals surface area contributed by atoms with E-state index in [9.17, 15) is 9.18 Å². The summed E-state index contributed by atoms with van der Waals surface area (Å²) in [6.07, 6.45) is 1.79. The van der Waals surface area contributed by atoms with Crippen molar-refractivity contribution in [2.45, 2.75) is 19.5 Å². The maximum absolute atomic E-state index is 13.1. The first kappa shape index (κ1) is 19.6.